The molecule has 1 unspecified atom stereocenters. The molecular formula is C16H17FN2O3S. The van der Waals surface area contributed by atoms with E-state index in [4.69, 9.17) is 0 Å². The number of pyridine rings is 1. The number of amides is 1. The molecule has 1 aliphatic rings. The summed E-state index contributed by atoms with van der Waals surface area (Å²) < 4.78 is 34.1. The molecule has 1 amide bonds. The van der Waals surface area contributed by atoms with E-state index in [9.17, 15) is 17.1 Å². The van der Waals surface area contributed by atoms with Crippen LogP contribution in [0.25, 0.3) is 10.9 Å². The van der Waals surface area contributed by atoms with Crippen molar-refractivity contribution < 1.29 is 17.1 Å². The number of rotatable bonds is 5. The van der Waals surface area contributed by atoms with Gasteiger partial charge in [0, 0.05) is 42.9 Å². The molecule has 3 rings (SSSR count). The molecule has 0 spiro atoms. The molecule has 1 fully saturated rings. The van der Waals surface area contributed by atoms with Gasteiger partial charge in [-0.2, -0.15) is 8.42 Å². The monoisotopic (exact) mass is 336 g/mol. The van der Waals surface area contributed by atoms with Crippen molar-refractivity contribution >= 4 is 27.0 Å². The number of hydrogen-bond donors (Lipinski definition) is 0. The molecule has 2 heterocycles. The first-order valence-electron chi connectivity index (χ1n) is 7.45. The topological polar surface area (TPSA) is 67.3 Å². The molecule has 0 N–H and O–H groups in total. The number of halogens is 1. The van der Waals surface area contributed by atoms with E-state index >= 15 is 0 Å². The van der Waals surface area contributed by atoms with E-state index in [0.717, 1.165) is 16.6 Å². The summed E-state index contributed by atoms with van der Waals surface area (Å²) in [5.74, 6) is -1.16. The SMILES string of the molecule is O=C1CC(CS(=O)(=O)F)CN1CCc1ccc2ccccc2n1. The lowest BCUT2D eigenvalue weighted by atomic mass is 10.1. The summed E-state index contributed by atoms with van der Waals surface area (Å²) in [7, 11) is -4.54. The van der Waals surface area contributed by atoms with Gasteiger partial charge in [0.05, 0.1) is 11.3 Å². The Bertz CT molecular complexity index is 838. The van der Waals surface area contributed by atoms with Crippen LogP contribution in [-0.2, 0) is 21.4 Å². The first kappa shape index (κ1) is 15.9. The zero-order valence-electron chi connectivity index (χ0n) is 12.5. The fourth-order valence-electron chi connectivity index (χ4n) is 2.96. The molecule has 1 saturated heterocycles. The van der Waals surface area contributed by atoms with E-state index in [1.165, 1.54) is 0 Å². The van der Waals surface area contributed by atoms with Gasteiger partial charge in [-0.15, -0.1) is 3.89 Å². The first-order chi connectivity index (χ1) is 10.9. The molecule has 122 valence electrons. The number of benzene rings is 1. The third-order valence-electron chi connectivity index (χ3n) is 4.02. The molecule has 1 aromatic heterocycles. The van der Waals surface area contributed by atoms with Crippen LogP contribution in [0.3, 0.4) is 0 Å². The van der Waals surface area contributed by atoms with Crippen LogP contribution in [0.2, 0.25) is 0 Å². The minimum absolute atomic E-state index is 0.0916. The van der Waals surface area contributed by atoms with Crippen molar-refractivity contribution in [3.63, 3.8) is 0 Å². The Morgan fingerprint density at radius 2 is 2.00 bits per heavy atom. The predicted molar refractivity (Wildman–Crippen MR) is 85.0 cm³/mol. The van der Waals surface area contributed by atoms with E-state index in [1.54, 1.807) is 4.90 Å². The van der Waals surface area contributed by atoms with Gasteiger partial charge < -0.3 is 4.90 Å². The molecule has 23 heavy (non-hydrogen) atoms. The highest BCUT2D eigenvalue weighted by Gasteiger charge is 2.32. The van der Waals surface area contributed by atoms with Crippen molar-refractivity contribution in [2.45, 2.75) is 12.8 Å². The van der Waals surface area contributed by atoms with E-state index < -0.39 is 21.9 Å². The smallest absolute Gasteiger partial charge is 0.302 e. The molecule has 0 aliphatic carbocycles. The fraction of sp³-hybridized carbons (Fsp3) is 0.375. The van der Waals surface area contributed by atoms with Gasteiger partial charge in [-0.1, -0.05) is 24.3 Å². The second kappa shape index (κ2) is 6.23. The molecule has 0 radical (unpaired) electrons. The Balaban J connectivity index is 1.62. The van der Waals surface area contributed by atoms with Gasteiger partial charge in [-0.25, -0.2) is 0 Å². The van der Waals surface area contributed by atoms with Crippen LogP contribution >= 0.6 is 0 Å². The van der Waals surface area contributed by atoms with E-state index in [2.05, 4.69) is 4.98 Å². The lowest BCUT2D eigenvalue weighted by Gasteiger charge is -2.16. The predicted octanol–water partition coefficient (Wildman–Crippen LogP) is 1.93. The van der Waals surface area contributed by atoms with Crippen LogP contribution in [-0.4, -0.2) is 43.1 Å². The fourth-order valence-corrected chi connectivity index (χ4v) is 3.75. The normalized spacial score (nSPS) is 18.7. The summed E-state index contributed by atoms with van der Waals surface area (Å²) in [5.41, 5.74) is 1.78. The number of fused-ring (bicyclic) bond motifs is 1. The molecule has 1 aromatic carbocycles. The third-order valence-corrected chi connectivity index (χ3v) is 4.89. The number of carbonyl (C=O) groups is 1. The number of hydrogen-bond acceptors (Lipinski definition) is 4. The maximum absolute atomic E-state index is 12.7. The molecule has 2 aromatic rings. The summed E-state index contributed by atoms with van der Waals surface area (Å²) >= 11 is 0. The van der Waals surface area contributed by atoms with Crippen LogP contribution in [0.15, 0.2) is 36.4 Å². The van der Waals surface area contributed by atoms with Gasteiger partial charge >= 0.3 is 10.2 Å². The summed E-state index contributed by atoms with van der Waals surface area (Å²) in [6.07, 6.45) is 0.681. The zero-order valence-corrected chi connectivity index (χ0v) is 13.3. The van der Waals surface area contributed by atoms with Gasteiger partial charge in [0.25, 0.3) is 0 Å². The van der Waals surface area contributed by atoms with Gasteiger partial charge in [0.15, 0.2) is 0 Å². The largest absolute Gasteiger partial charge is 0.342 e. The first-order valence-corrected chi connectivity index (χ1v) is 9.01. The average Bonchev–Trinajstić information content (AvgIpc) is 2.82. The maximum Gasteiger partial charge on any atom is 0.302 e. The molecule has 1 aliphatic heterocycles. The van der Waals surface area contributed by atoms with Crippen molar-refractivity contribution in [2.24, 2.45) is 5.92 Å². The Hall–Kier alpha value is -2.02. The minimum atomic E-state index is -4.54. The number of aromatic nitrogens is 1. The highest BCUT2D eigenvalue weighted by Crippen LogP contribution is 2.20. The number of likely N-dealkylation sites (tertiary alicyclic amines) is 1. The second-order valence-electron chi connectivity index (χ2n) is 5.86. The maximum atomic E-state index is 12.7. The molecule has 0 saturated carbocycles. The summed E-state index contributed by atoms with van der Waals surface area (Å²) in [5, 5.41) is 1.06. The van der Waals surface area contributed by atoms with Crippen LogP contribution < -0.4 is 0 Å². The van der Waals surface area contributed by atoms with Crippen LogP contribution in [0.4, 0.5) is 3.89 Å². The standard InChI is InChI=1S/C16H17FN2O3S/c17-23(21,22)11-12-9-16(20)19(10-12)8-7-14-6-5-13-3-1-2-4-15(13)18-14/h1-6,12H,7-11H2. The summed E-state index contributed by atoms with van der Waals surface area (Å²) in [6.45, 7) is 0.753. The number of para-hydroxylation sites is 1. The highest BCUT2D eigenvalue weighted by atomic mass is 32.3. The molecule has 1 atom stereocenters. The lowest BCUT2D eigenvalue weighted by Crippen LogP contribution is -2.28. The van der Waals surface area contributed by atoms with Crippen LogP contribution in [0, 0.1) is 5.92 Å². The van der Waals surface area contributed by atoms with Crippen LogP contribution in [0.1, 0.15) is 12.1 Å². The van der Waals surface area contributed by atoms with Gasteiger partial charge in [-0.05, 0) is 12.1 Å². The number of carbonyl (C=O) groups excluding carboxylic acids is 1. The molecular weight excluding hydrogens is 319 g/mol. The van der Waals surface area contributed by atoms with E-state index in [-0.39, 0.29) is 18.9 Å². The molecule has 7 heteroatoms. The van der Waals surface area contributed by atoms with Crippen molar-refractivity contribution in [1.29, 1.82) is 0 Å². The summed E-state index contributed by atoms with van der Waals surface area (Å²) in [6, 6.07) is 11.7. The number of nitrogens with zero attached hydrogens (tertiary/aromatic N) is 2. The van der Waals surface area contributed by atoms with E-state index in [1.807, 2.05) is 36.4 Å². The Kier molecular flexibility index (Phi) is 4.30. The zero-order chi connectivity index (χ0) is 16.4. The second-order valence-corrected chi connectivity index (χ2v) is 7.27. The van der Waals surface area contributed by atoms with Gasteiger partial charge in [0.1, 0.15) is 0 Å². The average molecular weight is 336 g/mol. The van der Waals surface area contributed by atoms with Crippen molar-refractivity contribution in [3.05, 3.63) is 42.1 Å². The van der Waals surface area contributed by atoms with Crippen molar-refractivity contribution in [1.82, 2.24) is 9.88 Å². The van der Waals surface area contributed by atoms with Crippen molar-refractivity contribution in [3.8, 4) is 0 Å². The van der Waals surface area contributed by atoms with Crippen LogP contribution in [0.5, 0.6) is 0 Å². The third kappa shape index (κ3) is 4.04. The van der Waals surface area contributed by atoms with E-state index in [0.29, 0.717) is 13.0 Å². The van der Waals surface area contributed by atoms with Gasteiger partial charge in [0.2, 0.25) is 5.91 Å². The summed E-state index contributed by atoms with van der Waals surface area (Å²) in [4.78, 5) is 18.0. The molecule has 0 bridgehead atoms. The Labute approximate surface area is 134 Å². The van der Waals surface area contributed by atoms with Gasteiger partial charge in [-0.3, -0.25) is 9.78 Å². The Morgan fingerprint density at radius 1 is 1.22 bits per heavy atom. The quantitative estimate of drug-likeness (QED) is 0.783. The minimum Gasteiger partial charge on any atom is -0.342 e. The lowest BCUT2D eigenvalue weighted by molar-refractivity contribution is -0.127. The Morgan fingerprint density at radius 3 is 2.78 bits per heavy atom. The molecule has 5 nitrogen and oxygen atoms in total. The van der Waals surface area contributed by atoms with Crippen molar-refractivity contribution in [2.75, 3.05) is 18.8 Å². The highest BCUT2D eigenvalue weighted by molar-refractivity contribution is 7.86.